The van der Waals surface area contributed by atoms with E-state index in [2.05, 4.69) is 0 Å². The third-order valence-corrected chi connectivity index (χ3v) is 4.22. The highest BCUT2D eigenvalue weighted by Crippen LogP contribution is 2.30. The molecule has 0 fully saturated rings. The largest absolute Gasteiger partial charge is 0.502 e. The van der Waals surface area contributed by atoms with Crippen molar-refractivity contribution in [2.24, 2.45) is 0 Å². The minimum Gasteiger partial charge on any atom is -0.502 e. The van der Waals surface area contributed by atoms with E-state index in [9.17, 15) is 14.7 Å². The van der Waals surface area contributed by atoms with Crippen molar-refractivity contribution in [1.29, 1.82) is 0 Å². The summed E-state index contributed by atoms with van der Waals surface area (Å²) in [6.45, 7) is 4.72. The summed E-state index contributed by atoms with van der Waals surface area (Å²) in [6, 6.07) is 14.4. The van der Waals surface area contributed by atoms with Gasteiger partial charge in [0.25, 0.3) is 11.8 Å². The minimum atomic E-state index is -0.670. The van der Waals surface area contributed by atoms with Crippen molar-refractivity contribution < 1.29 is 19.4 Å². The van der Waals surface area contributed by atoms with Gasteiger partial charge in [0.15, 0.2) is 5.76 Å². The van der Waals surface area contributed by atoms with Crippen LogP contribution in [0.2, 0.25) is 0 Å². The van der Waals surface area contributed by atoms with Gasteiger partial charge in [0.1, 0.15) is 5.75 Å². The number of carbonyl (C=O) groups is 2. The number of amides is 2. The van der Waals surface area contributed by atoms with Crippen LogP contribution in [0.25, 0.3) is 5.57 Å². The van der Waals surface area contributed by atoms with E-state index in [4.69, 9.17) is 4.74 Å². The van der Waals surface area contributed by atoms with E-state index in [1.54, 1.807) is 24.3 Å². The Morgan fingerprint density at radius 3 is 2.23 bits per heavy atom. The second-order valence-corrected chi connectivity index (χ2v) is 6.28. The van der Waals surface area contributed by atoms with Crippen molar-refractivity contribution in [1.82, 2.24) is 4.90 Å². The van der Waals surface area contributed by atoms with Crippen LogP contribution in [0.1, 0.15) is 30.0 Å². The molecule has 2 amide bonds. The number of ether oxygens (including phenoxy) is 1. The number of aliphatic hydroxyl groups is 1. The van der Waals surface area contributed by atoms with E-state index in [0.717, 1.165) is 22.4 Å². The Labute approximate surface area is 152 Å². The average molecular weight is 351 g/mol. The second kappa shape index (κ2) is 7.44. The Balaban J connectivity index is 1.81. The van der Waals surface area contributed by atoms with Gasteiger partial charge in [-0.3, -0.25) is 14.5 Å². The van der Waals surface area contributed by atoms with Crippen molar-refractivity contribution in [3.63, 3.8) is 0 Å². The molecule has 0 saturated heterocycles. The Morgan fingerprint density at radius 1 is 0.962 bits per heavy atom. The standard InChI is InChI=1S/C21H21NO4/c1-3-12-26-17-10-8-16(9-11-17)18-19(23)21(25)22(20(18)24)13-15-6-4-14(2)5-7-15/h4-11,23H,3,12-13H2,1-2H3. The van der Waals surface area contributed by atoms with Crippen molar-refractivity contribution >= 4 is 17.4 Å². The number of hydrogen-bond acceptors (Lipinski definition) is 4. The fourth-order valence-corrected chi connectivity index (χ4v) is 2.78. The van der Waals surface area contributed by atoms with Gasteiger partial charge in [0.05, 0.1) is 18.7 Å². The van der Waals surface area contributed by atoms with Gasteiger partial charge in [-0.15, -0.1) is 0 Å². The second-order valence-electron chi connectivity index (χ2n) is 6.28. The molecule has 2 aromatic carbocycles. The molecule has 0 aromatic heterocycles. The summed E-state index contributed by atoms with van der Waals surface area (Å²) >= 11 is 0. The van der Waals surface area contributed by atoms with Crippen LogP contribution < -0.4 is 4.74 Å². The third-order valence-electron chi connectivity index (χ3n) is 4.22. The summed E-state index contributed by atoms with van der Waals surface area (Å²) in [7, 11) is 0. The van der Waals surface area contributed by atoms with Gasteiger partial charge >= 0.3 is 0 Å². The fraction of sp³-hybridized carbons (Fsp3) is 0.238. The number of benzene rings is 2. The zero-order valence-electron chi connectivity index (χ0n) is 14.9. The van der Waals surface area contributed by atoms with Crippen LogP contribution >= 0.6 is 0 Å². The molecule has 5 nitrogen and oxygen atoms in total. The number of imide groups is 1. The lowest BCUT2D eigenvalue weighted by Gasteiger charge is -2.14. The lowest BCUT2D eigenvalue weighted by Crippen LogP contribution is -2.31. The van der Waals surface area contributed by atoms with Gasteiger partial charge in [-0.2, -0.15) is 0 Å². The number of hydrogen-bond donors (Lipinski definition) is 1. The van der Waals surface area contributed by atoms with E-state index in [1.807, 2.05) is 38.1 Å². The molecule has 134 valence electrons. The first-order valence-electron chi connectivity index (χ1n) is 8.59. The average Bonchev–Trinajstić information content (AvgIpc) is 2.86. The Hall–Kier alpha value is -3.08. The summed E-state index contributed by atoms with van der Waals surface area (Å²) in [5.74, 6) is -0.986. The third kappa shape index (κ3) is 3.47. The normalized spacial score (nSPS) is 14.3. The van der Waals surface area contributed by atoms with Crippen molar-refractivity contribution in [2.75, 3.05) is 6.61 Å². The van der Waals surface area contributed by atoms with E-state index in [-0.39, 0.29) is 12.1 Å². The quantitative estimate of drug-likeness (QED) is 0.807. The molecular weight excluding hydrogens is 330 g/mol. The first-order chi connectivity index (χ1) is 12.5. The van der Waals surface area contributed by atoms with Crippen LogP contribution in [0.15, 0.2) is 54.3 Å². The van der Waals surface area contributed by atoms with Crippen LogP contribution in [0.3, 0.4) is 0 Å². The van der Waals surface area contributed by atoms with Crippen LogP contribution in [0.5, 0.6) is 5.75 Å². The molecule has 26 heavy (non-hydrogen) atoms. The van der Waals surface area contributed by atoms with Crippen LogP contribution in [-0.4, -0.2) is 28.4 Å². The van der Waals surface area contributed by atoms with E-state index >= 15 is 0 Å². The molecule has 0 bridgehead atoms. The number of nitrogens with zero attached hydrogens (tertiary/aromatic N) is 1. The fourth-order valence-electron chi connectivity index (χ4n) is 2.78. The van der Waals surface area contributed by atoms with Crippen LogP contribution in [0.4, 0.5) is 0 Å². The Kier molecular flexibility index (Phi) is 5.07. The minimum absolute atomic E-state index is 0.0316. The molecule has 0 saturated carbocycles. The van der Waals surface area contributed by atoms with Gasteiger partial charge in [-0.1, -0.05) is 48.9 Å². The predicted molar refractivity (Wildman–Crippen MR) is 98.5 cm³/mol. The maximum atomic E-state index is 12.7. The molecule has 1 N–H and O–H groups in total. The number of aliphatic hydroxyl groups excluding tert-OH is 1. The van der Waals surface area contributed by atoms with Gasteiger partial charge in [-0.25, -0.2) is 0 Å². The van der Waals surface area contributed by atoms with E-state index in [1.165, 1.54) is 0 Å². The Morgan fingerprint density at radius 2 is 1.62 bits per heavy atom. The molecule has 0 spiro atoms. The first-order valence-corrected chi connectivity index (χ1v) is 8.59. The van der Waals surface area contributed by atoms with Crippen molar-refractivity contribution in [3.05, 3.63) is 71.0 Å². The summed E-state index contributed by atoms with van der Waals surface area (Å²) in [6.07, 6.45) is 0.897. The molecule has 3 rings (SSSR count). The zero-order chi connectivity index (χ0) is 18.7. The van der Waals surface area contributed by atoms with Gasteiger partial charge in [-0.05, 0) is 36.6 Å². The van der Waals surface area contributed by atoms with Gasteiger partial charge in [0, 0.05) is 0 Å². The molecule has 5 heteroatoms. The Bertz CT molecular complexity index is 851. The monoisotopic (exact) mass is 351 g/mol. The highest BCUT2D eigenvalue weighted by Gasteiger charge is 2.39. The maximum absolute atomic E-state index is 12.7. The van der Waals surface area contributed by atoms with Crippen LogP contribution in [-0.2, 0) is 16.1 Å². The topological polar surface area (TPSA) is 66.8 Å². The highest BCUT2D eigenvalue weighted by molar-refractivity contribution is 6.34. The zero-order valence-corrected chi connectivity index (χ0v) is 14.9. The molecule has 1 heterocycles. The van der Waals surface area contributed by atoms with E-state index in [0.29, 0.717) is 17.9 Å². The predicted octanol–water partition coefficient (Wildman–Crippen LogP) is 3.62. The maximum Gasteiger partial charge on any atom is 0.296 e. The van der Waals surface area contributed by atoms with Gasteiger partial charge < -0.3 is 9.84 Å². The molecule has 1 aliphatic heterocycles. The van der Waals surface area contributed by atoms with E-state index < -0.39 is 17.6 Å². The first kappa shape index (κ1) is 17.7. The number of rotatable bonds is 6. The molecule has 0 unspecified atom stereocenters. The number of aryl methyl sites for hydroxylation is 1. The van der Waals surface area contributed by atoms with Crippen molar-refractivity contribution in [3.8, 4) is 5.75 Å². The summed E-state index contributed by atoms with van der Waals surface area (Å²) in [5.41, 5.74) is 2.45. The molecular formula is C21H21NO4. The smallest absolute Gasteiger partial charge is 0.296 e. The lowest BCUT2D eigenvalue weighted by atomic mass is 10.1. The highest BCUT2D eigenvalue weighted by atomic mass is 16.5. The molecule has 2 aromatic rings. The lowest BCUT2D eigenvalue weighted by molar-refractivity contribution is -0.138. The van der Waals surface area contributed by atoms with Gasteiger partial charge in [0.2, 0.25) is 0 Å². The SMILES string of the molecule is CCCOc1ccc(C2=C(O)C(=O)N(Cc3ccc(C)cc3)C2=O)cc1. The molecule has 1 aliphatic rings. The summed E-state index contributed by atoms with van der Waals surface area (Å²) in [4.78, 5) is 26.1. The van der Waals surface area contributed by atoms with Crippen molar-refractivity contribution in [2.45, 2.75) is 26.8 Å². The molecule has 0 atom stereocenters. The molecule has 0 aliphatic carbocycles. The number of carbonyl (C=O) groups excluding carboxylic acids is 2. The summed E-state index contributed by atoms with van der Waals surface area (Å²) in [5, 5.41) is 10.2. The van der Waals surface area contributed by atoms with Crippen LogP contribution in [0, 0.1) is 6.92 Å². The summed E-state index contributed by atoms with van der Waals surface area (Å²) < 4.78 is 5.52. The molecule has 0 radical (unpaired) electrons.